The van der Waals surface area contributed by atoms with Crippen molar-refractivity contribution < 1.29 is 0 Å². The average Bonchev–Trinajstić information content (AvgIpc) is 2.25. The number of hydrogen-bond acceptors (Lipinski definition) is 2. The molecule has 0 saturated carbocycles. The van der Waals surface area contributed by atoms with Gasteiger partial charge in [0.25, 0.3) is 0 Å². The van der Waals surface area contributed by atoms with Gasteiger partial charge in [-0.25, -0.2) is 0 Å². The third kappa shape index (κ3) is 3.18. The van der Waals surface area contributed by atoms with Crippen LogP contribution in [0.2, 0.25) is 0 Å². The molecule has 15 heavy (non-hydrogen) atoms. The van der Waals surface area contributed by atoms with Crippen molar-refractivity contribution in [2.75, 3.05) is 6.54 Å². The topological polar surface area (TPSA) is 72.6 Å². The van der Waals surface area contributed by atoms with Gasteiger partial charge in [0.05, 0.1) is 11.6 Å². The Balaban J connectivity index is 2.80. The first kappa shape index (κ1) is 10.8. The summed E-state index contributed by atoms with van der Waals surface area (Å²) in [5, 5.41) is 12.1. The number of azide groups is 1. The normalized spacial score (nSPS) is 9.60. The predicted molar refractivity (Wildman–Crippen MR) is 58.9 cm³/mol. The van der Waals surface area contributed by atoms with E-state index in [1.165, 1.54) is 0 Å². The van der Waals surface area contributed by atoms with Crippen LogP contribution >= 0.6 is 0 Å². The van der Waals surface area contributed by atoms with E-state index >= 15 is 0 Å². The van der Waals surface area contributed by atoms with Gasteiger partial charge in [0, 0.05) is 11.5 Å². The summed E-state index contributed by atoms with van der Waals surface area (Å²) in [7, 11) is 0. The first-order chi connectivity index (χ1) is 7.27. The van der Waals surface area contributed by atoms with Crippen LogP contribution in [-0.2, 0) is 0 Å². The molecule has 4 heteroatoms. The Bertz CT molecular complexity index is 462. The minimum Gasteiger partial charge on any atom is -0.192 e. The van der Waals surface area contributed by atoms with Crippen LogP contribution in [0.25, 0.3) is 16.5 Å². The van der Waals surface area contributed by atoms with Crippen LogP contribution in [-0.4, -0.2) is 6.54 Å². The third-order valence-electron chi connectivity index (χ3n) is 1.93. The minimum atomic E-state index is 0.343. The monoisotopic (exact) mass is 198 g/mol. The molecule has 0 amide bonds. The standard InChI is InChI=1S/C11H10N4/c1-9-7-10(3-2-6-14-15-13)4-5-11(9)8-12/h2-5,7H,6H2,1H3. The molecule has 0 heterocycles. The van der Waals surface area contributed by atoms with Crippen molar-refractivity contribution in [2.24, 2.45) is 5.11 Å². The summed E-state index contributed by atoms with van der Waals surface area (Å²) in [5.41, 5.74) is 10.7. The lowest BCUT2D eigenvalue weighted by atomic mass is 10.1. The Labute approximate surface area is 88.1 Å². The maximum absolute atomic E-state index is 8.73. The molecule has 0 saturated heterocycles. The lowest BCUT2D eigenvalue weighted by Gasteiger charge is -1.98. The highest BCUT2D eigenvalue weighted by Crippen LogP contribution is 2.11. The van der Waals surface area contributed by atoms with Crippen LogP contribution in [0.5, 0.6) is 0 Å². The van der Waals surface area contributed by atoms with Crippen molar-refractivity contribution in [3.63, 3.8) is 0 Å². The van der Waals surface area contributed by atoms with Crippen LogP contribution in [0, 0.1) is 18.3 Å². The Hall–Kier alpha value is -2.24. The summed E-state index contributed by atoms with van der Waals surface area (Å²) in [6.07, 6.45) is 3.64. The zero-order valence-electron chi connectivity index (χ0n) is 8.38. The summed E-state index contributed by atoms with van der Waals surface area (Å²) >= 11 is 0. The molecule has 1 aromatic carbocycles. The van der Waals surface area contributed by atoms with Gasteiger partial charge in [-0.3, -0.25) is 0 Å². The van der Waals surface area contributed by atoms with E-state index in [0.29, 0.717) is 12.1 Å². The van der Waals surface area contributed by atoms with E-state index in [0.717, 1.165) is 11.1 Å². The number of nitriles is 1. The number of rotatable bonds is 3. The maximum Gasteiger partial charge on any atom is 0.0994 e. The van der Waals surface area contributed by atoms with E-state index in [-0.39, 0.29) is 0 Å². The van der Waals surface area contributed by atoms with Gasteiger partial charge >= 0.3 is 0 Å². The molecule has 74 valence electrons. The number of aryl methyl sites for hydroxylation is 1. The van der Waals surface area contributed by atoms with Gasteiger partial charge in [0.2, 0.25) is 0 Å². The van der Waals surface area contributed by atoms with Crippen molar-refractivity contribution in [2.45, 2.75) is 6.92 Å². The zero-order chi connectivity index (χ0) is 11.1. The van der Waals surface area contributed by atoms with Crippen LogP contribution < -0.4 is 0 Å². The maximum atomic E-state index is 8.73. The second kappa shape index (κ2) is 5.48. The van der Waals surface area contributed by atoms with Gasteiger partial charge in [-0.05, 0) is 29.6 Å². The average molecular weight is 198 g/mol. The molecule has 4 nitrogen and oxygen atoms in total. The summed E-state index contributed by atoms with van der Waals surface area (Å²) in [4.78, 5) is 2.64. The van der Waals surface area contributed by atoms with Crippen LogP contribution in [0.3, 0.4) is 0 Å². The molecule has 0 aromatic heterocycles. The van der Waals surface area contributed by atoms with Crippen molar-refractivity contribution >= 4 is 6.08 Å². The number of benzene rings is 1. The van der Waals surface area contributed by atoms with Gasteiger partial charge in [0.1, 0.15) is 0 Å². The smallest absolute Gasteiger partial charge is 0.0994 e. The minimum absolute atomic E-state index is 0.343. The highest BCUT2D eigenvalue weighted by molar-refractivity contribution is 5.53. The largest absolute Gasteiger partial charge is 0.192 e. The second-order valence-corrected chi connectivity index (χ2v) is 3.00. The van der Waals surface area contributed by atoms with E-state index in [4.69, 9.17) is 10.8 Å². The highest BCUT2D eigenvalue weighted by atomic mass is 15.1. The van der Waals surface area contributed by atoms with Crippen LogP contribution in [0.1, 0.15) is 16.7 Å². The Morgan fingerprint density at radius 3 is 3.00 bits per heavy atom. The fraction of sp³-hybridized carbons (Fsp3) is 0.182. The molecule has 0 aliphatic heterocycles. The van der Waals surface area contributed by atoms with E-state index in [9.17, 15) is 0 Å². The van der Waals surface area contributed by atoms with Gasteiger partial charge in [-0.2, -0.15) is 5.26 Å². The molecule has 0 unspecified atom stereocenters. The molecular formula is C11H10N4. The third-order valence-corrected chi connectivity index (χ3v) is 1.93. The number of hydrogen-bond donors (Lipinski definition) is 0. The Morgan fingerprint density at radius 2 is 2.40 bits per heavy atom. The molecule has 0 fully saturated rings. The molecule has 0 aliphatic carbocycles. The molecule has 0 bridgehead atoms. The lowest BCUT2D eigenvalue weighted by Crippen LogP contribution is -1.83. The molecular weight excluding hydrogens is 188 g/mol. The molecule has 0 N–H and O–H groups in total. The highest BCUT2D eigenvalue weighted by Gasteiger charge is 1.95. The number of nitrogens with zero attached hydrogens (tertiary/aromatic N) is 4. The van der Waals surface area contributed by atoms with Crippen LogP contribution in [0.15, 0.2) is 29.4 Å². The molecule has 1 rings (SSSR count). The van der Waals surface area contributed by atoms with E-state index in [1.54, 1.807) is 12.1 Å². The van der Waals surface area contributed by atoms with Crippen molar-refractivity contribution in [3.8, 4) is 6.07 Å². The Kier molecular flexibility index (Phi) is 3.96. The van der Waals surface area contributed by atoms with Gasteiger partial charge in [0.15, 0.2) is 0 Å². The summed E-state index contributed by atoms with van der Waals surface area (Å²) in [6, 6.07) is 7.67. The van der Waals surface area contributed by atoms with Gasteiger partial charge < -0.3 is 0 Å². The van der Waals surface area contributed by atoms with Gasteiger partial charge in [-0.1, -0.05) is 29.4 Å². The lowest BCUT2D eigenvalue weighted by molar-refractivity contribution is 1.22. The summed E-state index contributed by atoms with van der Waals surface area (Å²) in [5.74, 6) is 0. The zero-order valence-corrected chi connectivity index (χ0v) is 8.38. The van der Waals surface area contributed by atoms with Crippen molar-refractivity contribution in [3.05, 3.63) is 51.4 Å². The van der Waals surface area contributed by atoms with Crippen LogP contribution in [0.4, 0.5) is 0 Å². The van der Waals surface area contributed by atoms with E-state index < -0.39 is 0 Å². The van der Waals surface area contributed by atoms with Gasteiger partial charge in [-0.15, -0.1) is 0 Å². The van der Waals surface area contributed by atoms with Crippen molar-refractivity contribution in [1.29, 1.82) is 5.26 Å². The van der Waals surface area contributed by atoms with Crippen molar-refractivity contribution in [1.82, 2.24) is 0 Å². The molecule has 0 atom stereocenters. The quantitative estimate of drug-likeness (QED) is 0.417. The second-order valence-electron chi connectivity index (χ2n) is 3.00. The Morgan fingerprint density at radius 1 is 1.60 bits per heavy atom. The summed E-state index contributed by atoms with van der Waals surface area (Å²) in [6.45, 7) is 2.23. The van der Waals surface area contributed by atoms with E-state index in [1.807, 2.05) is 25.1 Å². The molecule has 0 radical (unpaired) electrons. The SMILES string of the molecule is Cc1cc(C=CCN=[N+]=[N-])ccc1C#N. The van der Waals surface area contributed by atoms with E-state index in [2.05, 4.69) is 16.1 Å². The fourth-order valence-corrected chi connectivity index (χ4v) is 1.19. The molecule has 0 spiro atoms. The first-order valence-corrected chi connectivity index (χ1v) is 4.46. The molecule has 0 aliphatic rings. The first-order valence-electron chi connectivity index (χ1n) is 4.46. The predicted octanol–water partition coefficient (Wildman–Crippen LogP) is 3.19. The summed E-state index contributed by atoms with van der Waals surface area (Å²) < 4.78 is 0. The fourth-order valence-electron chi connectivity index (χ4n) is 1.19. The molecule has 1 aromatic rings.